The van der Waals surface area contributed by atoms with Crippen LogP contribution in [0.3, 0.4) is 0 Å². The molecular formula is C24H28N2O4. The zero-order valence-corrected chi connectivity index (χ0v) is 17.3. The number of imidazole rings is 1. The van der Waals surface area contributed by atoms with Crippen LogP contribution in [0.2, 0.25) is 0 Å². The van der Waals surface area contributed by atoms with Gasteiger partial charge in [0.1, 0.15) is 18.2 Å². The second-order valence-corrected chi connectivity index (χ2v) is 7.39. The average Bonchev–Trinajstić information content (AvgIpc) is 3.14. The minimum atomic E-state index is -0.930. The number of hydrogen-bond acceptors (Lipinski definition) is 4. The number of aromatic nitrogens is 2. The van der Waals surface area contributed by atoms with Crippen LogP contribution >= 0.6 is 0 Å². The predicted octanol–water partition coefficient (Wildman–Crippen LogP) is 4.76. The molecule has 0 fully saturated rings. The van der Waals surface area contributed by atoms with Crippen molar-refractivity contribution in [2.75, 3.05) is 13.2 Å². The Morgan fingerprint density at radius 1 is 1.07 bits per heavy atom. The zero-order chi connectivity index (χ0) is 21.3. The lowest BCUT2D eigenvalue weighted by atomic mass is 10.1. The smallest absolute Gasteiger partial charge is 0.329 e. The molecule has 0 radical (unpaired) electrons. The highest BCUT2D eigenvalue weighted by Gasteiger charge is 2.14. The quantitative estimate of drug-likeness (QED) is 0.447. The molecule has 3 rings (SSSR count). The molecule has 3 aromatic rings. The number of aryl methyl sites for hydroxylation is 2. The van der Waals surface area contributed by atoms with Gasteiger partial charge in [0, 0.05) is 24.3 Å². The van der Waals surface area contributed by atoms with E-state index in [0.717, 1.165) is 54.9 Å². The van der Waals surface area contributed by atoms with Gasteiger partial charge in [0.15, 0.2) is 0 Å². The Bertz CT molecular complexity index is 964. The molecular weight excluding hydrogens is 380 g/mol. The number of carbonyl (C=O) groups is 1. The van der Waals surface area contributed by atoms with Crippen LogP contribution in [0.15, 0.2) is 54.7 Å². The second kappa shape index (κ2) is 10.6. The number of ether oxygens (including phenoxy) is 1. The summed E-state index contributed by atoms with van der Waals surface area (Å²) >= 11 is 0. The van der Waals surface area contributed by atoms with Gasteiger partial charge in [0.25, 0.3) is 0 Å². The van der Waals surface area contributed by atoms with Crippen molar-refractivity contribution >= 4 is 5.97 Å². The van der Waals surface area contributed by atoms with Crippen LogP contribution in [0.1, 0.15) is 37.1 Å². The van der Waals surface area contributed by atoms with Crippen LogP contribution in [0, 0.1) is 6.92 Å². The number of rotatable bonds is 11. The number of aromatic hydroxyl groups is 1. The Morgan fingerprint density at radius 2 is 1.83 bits per heavy atom. The summed E-state index contributed by atoms with van der Waals surface area (Å²) < 4.78 is 7.23. The Balaban J connectivity index is 1.68. The summed E-state index contributed by atoms with van der Waals surface area (Å²) in [6.45, 7) is 2.31. The third kappa shape index (κ3) is 5.94. The molecule has 0 saturated carbocycles. The van der Waals surface area contributed by atoms with E-state index in [1.54, 1.807) is 12.1 Å². The first-order valence-corrected chi connectivity index (χ1v) is 10.3. The number of carboxylic acid groups (broad SMARTS) is 1. The first-order valence-electron chi connectivity index (χ1n) is 10.3. The lowest BCUT2D eigenvalue weighted by molar-refractivity contribution is -0.142. The molecule has 2 aromatic carbocycles. The van der Waals surface area contributed by atoms with Crippen molar-refractivity contribution in [1.82, 2.24) is 9.55 Å². The number of hydrogen-bond donors (Lipinski definition) is 2. The Labute approximate surface area is 176 Å². The van der Waals surface area contributed by atoms with E-state index in [4.69, 9.17) is 9.84 Å². The van der Waals surface area contributed by atoms with E-state index in [1.807, 2.05) is 18.3 Å². The fraction of sp³-hybridized carbons (Fsp3) is 0.333. The molecule has 30 heavy (non-hydrogen) atoms. The van der Waals surface area contributed by atoms with Crippen molar-refractivity contribution in [3.05, 3.63) is 66.1 Å². The Kier molecular flexibility index (Phi) is 7.63. The number of benzene rings is 2. The van der Waals surface area contributed by atoms with E-state index in [-0.39, 0.29) is 12.4 Å². The Morgan fingerprint density at radius 3 is 2.57 bits per heavy atom. The first-order chi connectivity index (χ1) is 14.5. The normalized spacial score (nSPS) is 11.0. The van der Waals surface area contributed by atoms with E-state index in [1.165, 1.54) is 5.56 Å². The summed E-state index contributed by atoms with van der Waals surface area (Å²) in [4.78, 5) is 15.1. The van der Waals surface area contributed by atoms with Crippen molar-refractivity contribution in [2.45, 2.75) is 39.0 Å². The van der Waals surface area contributed by atoms with Crippen LogP contribution in [0.4, 0.5) is 0 Å². The molecule has 0 unspecified atom stereocenters. The largest absolute Gasteiger partial charge is 0.508 e. The van der Waals surface area contributed by atoms with Crippen LogP contribution in [-0.4, -0.2) is 38.9 Å². The highest BCUT2D eigenvalue weighted by Crippen LogP contribution is 2.28. The van der Waals surface area contributed by atoms with E-state index >= 15 is 0 Å². The maximum absolute atomic E-state index is 10.4. The zero-order valence-electron chi connectivity index (χ0n) is 17.3. The van der Waals surface area contributed by atoms with Crippen molar-refractivity contribution < 1.29 is 19.7 Å². The van der Waals surface area contributed by atoms with Gasteiger partial charge in [-0.25, -0.2) is 9.78 Å². The fourth-order valence-electron chi connectivity index (χ4n) is 3.42. The molecule has 158 valence electrons. The van der Waals surface area contributed by atoms with Crippen molar-refractivity contribution in [2.24, 2.45) is 0 Å². The van der Waals surface area contributed by atoms with Crippen molar-refractivity contribution in [3.63, 3.8) is 0 Å². The molecule has 0 saturated heterocycles. The van der Waals surface area contributed by atoms with Gasteiger partial charge >= 0.3 is 5.97 Å². The van der Waals surface area contributed by atoms with Gasteiger partial charge in [-0.3, -0.25) is 4.57 Å². The molecule has 0 amide bonds. The van der Waals surface area contributed by atoms with Gasteiger partial charge in [-0.15, -0.1) is 0 Å². The van der Waals surface area contributed by atoms with Crippen LogP contribution in [-0.2, 0) is 16.0 Å². The van der Waals surface area contributed by atoms with E-state index in [9.17, 15) is 9.90 Å². The third-order valence-electron chi connectivity index (χ3n) is 4.93. The summed E-state index contributed by atoms with van der Waals surface area (Å²) in [6, 6.07) is 15.6. The molecule has 6 heteroatoms. The number of nitrogens with zero attached hydrogens (tertiary/aromatic N) is 2. The lowest BCUT2D eigenvalue weighted by Gasteiger charge is -2.13. The minimum Gasteiger partial charge on any atom is -0.508 e. The predicted molar refractivity (Wildman–Crippen MR) is 116 cm³/mol. The summed E-state index contributed by atoms with van der Waals surface area (Å²) in [6.07, 6.45) is 6.56. The molecule has 2 N–H and O–H groups in total. The average molecular weight is 408 g/mol. The number of phenolic OH excluding ortho intramolecular Hbond substituents is 1. The standard InChI is InChI=1S/C24H28N2O4/c1-18-10-12-20(13-11-18)26-22(19-7-6-8-21(27)15-19)16-25-23(26)9-4-2-3-5-14-30-17-24(28)29/h6-8,10-13,15-16,27H,2-5,9,14,17H2,1H3,(H,28,29). The number of phenols is 1. The molecule has 1 heterocycles. The summed E-state index contributed by atoms with van der Waals surface area (Å²) in [5, 5.41) is 18.5. The van der Waals surface area contributed by atoms with Crippen LogP contribution < -0.4 is 0 Å². The van der Waals surface area contributed by atoms with Gasteiger partial charge in [-0.2, -0.15) is 0 Å². The summed E-state index contributed by atoms with van der Waals surface area (Å²) in [5.74, 6) is 0.288. The van der Waals surface area contributed by atoms with Gasteiger partial charge in [-0.1, -0.05) is 42.7 Å². The topological polar surface area (TPSA) is 84.6 Å². The van der Waals surface area contributed by atoms with E-state index < -0.39 is 5.97 Å². The maximum Gasteiger partial charge on any atom is 0.329 e. The number of aliphatic carboxylic acids is 1. The molecule has 0 spiro atoms. The summed E-state index contributed by atoms with van der Waals surface area (Å²) in [7, 11) is 0. The minimum absolute atomic E-state index is 0.230. The van der Waals surface area contributed by atoms with Gasteiger partial charge < -0.3 is 14.9 Å². The molecule has 0 bridgehead atoms. The van der Waals surface area contributed by atoms with Crippen LogP contribution in [0.25, 0.3) is 16.9 Å². The fourth-order valence-corrected chi connectivity index (χ4v) is 3.42. The van der Waals surface area contributed by atoms with E-state index in [0.29, 0.717) is 6.61 Å². The molecule has 0 aliphatic heterocycles. The highest BCUT2D eigenvalue weighted by molar-refractivity contribution is 5.68. The highest BCUT2D eigenvalue weighted by atomic mass is 16.5. The van der Waals surface area contributed by atoms with Gasteiger partial charge in [-0.05, 0) is 44.0 Å². The monoisotopic (exact) mass is 408 g/mol. The SMILES string of the molecule is Cc1ccc(-n2c(-c3cccc(O)c3)cnc2CCCCCCOCC(=O)O)cc1. The van der Waals surface area contributed by atoms with Crippen LogP contribution in [0.5, 0.6) is 5.75 Å². The molecule has 6 nitrogen and oxygen atoms in total. The first kappa shape index (κ1) is 21.6. The molecule has 0 aliphatic carbocycles. The molecule has 0 aliphatic rings. The number of carboxylic acids is 1. The second-order valence-electron chi connectivity index (χ2n) is 7.39. The Hall–Kier alpha value is -3.12. The number of unbranched alkanes of at least 4 members (excludes halogenated alkanes) is 3. The molecule has 0 atom stereocenters. The lowest BCUT2D eigenvalue weighted by Crippen LogP contribution is -2.07. The molecule has 1 aromatic heterocycles. The third-order valence-corrected chi connectivity index (χ3v) is 4.93. The van der Waals surface area contributed by atoms with Crippen molar-refractivity contribution in [3.8, 4) is 22.7 Å². The maximum atomic E-state index is 10.4. The van der Waals surface area contributed by atoms with Crippen molar-refractivity contribution in [1.29, 1.82) is 0 Å². The van der Waals surface area contributed by atoms with Gasteiger partial charge in [0.2, 0.25) is 0 Å². The van der Waals surface area contributed by atoms with Gasteiger partial charge in [0.05, 0.1) is 11.9 Å². The summed E-state index contributed by atoms with van der Waals surface area (Å²) in [5.41, 5.74) is 4.12. The van der Waals surface area contributed by atoms with E-state index in [2.05, 4.69) is 40.7 Å².